The highest BCUT2D eigenvalue weighted by atomic mass is 28.3. The third-order valence-corrected chi connectivity index (χ3v) is 10.6. The largest absolute Gasteiger partial charge is 0.304 e. The van der Waals surface area contributed by atoms with Crippen LogP contribution < -0.4 is 0 Å². The van der Waals surface area contributed by atoms with Crippen molar-refractivity contribution in [2.75, 3.05) is 19.6 Å². The molecule has 0 amide bonds. The van der Waals surface area contributed by atoms with E-state index in [1.807, 2.05) is 0 Å². The lowest BCUT2D eigenvalue weighted by atomic mass is 10.2. The number of unbranched alkanes of at least 4 members (excludes halogenated alkanes) is 2. The third kappa shape index (κ3) is 6.94. The Morgan fingerprint density at radius 2 is 1.11 bits per heavy atom. The molecule has 0 bridgehead atoms. The summed E-state index contributed by atoms with van der Waals surface area (Å²) in [5, 5.41) is 0. The normalized spacial score (nSPS) is 12.3. The average molecular weight is 272 g/mol. The lowest BCUT2D eigenvalue weighted by molar-refractivity contribution is 0.277. The number of nitrogens with zero attached hydrogens (tertiary/aromatic N) is 1. The molecule has 0 aliphatic heterocycles. The molecule has 0 aromatic rings. The number of hydrogen-bond acceptors (Lipinski definition) is 1. The molecule has 0 N–H and O–H groups in total. The minimum atomic E-state index is -0.900. The first kappa shape index (κ1) is 18.2. The second-order valence-electron chi connectivity index (χ2n) is 5.86. The topological polar surface area (TPSA) is 3.24 Å². The zero-order valence-electron chi connectivity index (χ0n) is 13.7. The van der Waals surface area contributed by atoms with E-state index < -0.39 is 8.07 Å². The molecule has 0 aliphatic carbocycles. The molecule has 0 aromatic carbocycles. The van der Waals surface area contributed by atoms with Gasteiger partial charge in [-0.15, -0.1) is 0 Å². The summed E-state index contributed by atoms with van der Waals surface area (Å²) >= 11 is 0. The fraction of sp³-hybridized carbons (Fsp3) is 1.00. The van der Waals surface area contributed by atoms with E-state index in [4.69, 9.17) is 0 Å². The highest BCUT2D eigenvalue weighted by molar-refractivity contribution is 6.79. The molecule has 1 nitrogen and oxygen atoms in total. The van der Waals surface area contributed by atoms with E-state index in [1.54, 1.807) is 0 Å². The van der Waals surface area contributed by atoms with Crippen molar-refractivity contribution < 1.29 is 0 Å². The molecule has 0 heterocycles. The molecular formula is C16H37NSi. The smallest absolute Gasteiger partial charge is 0.0540 e. The van der Waals surface area contributed by atoms with Gasteiger partial charge >= 0.3 is 0 Å². The van der Waals surface area contributed by atoms with E-state index in [0.717, 1.165) is 0 Å². The van der Waals surface area contributed by atoms with Crippen LogP contribution in [0.3, 0.4) is 0 Å². The van der Waals surface area contributed by atoms with Crippen molar-refractivity contribution in [1.29, 1.82) is 0 Å². The van der Waals surface area contributed by atoms with Gasteiger partial charge in [-0.2, -0.15) is 0 Å². The van der Waals surface area contributed by atoms with Gasteiger partial charge in [0.15, 0.2) is 0 Å². The van der Waals surface area contributed by atoms with Gasteiger partial charge in [0, 0.05) is 0 Å². The Morgan fingerprint density at radius 1 is 0.667 bits per heavy atom. The lowest BCUT2D eigenvalue weighted by Crippen LogP contribution is -2.37. The lowest BCUT2D eigenvalue weighted by Gasteiger charge is -2.31. The van der Waals surface area contributed by atoms with E-state index >= 15 is 0 Å². The van der Waals surface area contributed by atoms with Gasteiger partial charge in [-0.25, -0.2) is 0 Å². The molecule has 18 heavy (non-hydrogen) atoms. The Kier molecular flexibility index (Phi) is 11.1. The Balaban J connectivity index is 4.19. The molecule has 0 rings (SSSR count). The van der Waals surface area contributed by atoms with E-state index in [-0.39, 0.29) is 0 Å². The van der Waals surface area contributed by atoms with Crippen LogP contribution in [0.5, 0.6) is 0 Å². The summed E-state index contributed by atoms with van der Waals surface area (Å²) in [6.45, 7) is 15.9. The fourth-order valence-electron chi connectivity index (χ4n) is 2.77. The summed E-state index contributed by atoms with van der Waals surface area (Å²) in [4.78, 5) is 2.75. The predicted octanol–water partition coefficient (Wildman–Crippen LogP) is 5.40. The molecule has 2 heteroatoms. The van der Waals surface area contributed by atoms with Crippen LogP contribution in [0.25, 0.3) is 0 Å². The molecule has 110 valence electrons. The van der Waals surface area contributed by atoms with E-state index in [2.05, 4.69) is 39.5 Å². The second-order valence-corrected chi connectivity index (χ2v) is 11.5. The third-order valence-electron chi connectivity index (χ3n) is 4.86. The van der Waals surface area contributed by atoms with E-state index in [1.165, 1.54) is 69.5 Å². The Bertz CT molecular complexity index is 162. The van der Waals surface area contributed by atoms with Crippen molar-refractivity contribution in [3.8, 4) is 0 Å². The quantitative estimate of drug-likeness (QED) is 0.430. The first-order valence-corrected chi connectivity index (χ1v) is 11.2. The van der Waals surface area contributed by atoms with Crippen molar-refractivity contribution >= 4 is 8.07 Å². The average Bonchev–Trinajstić information content (AvgIpc) is 2.42. The highest BCUT2D eigenvalue weighted by Gasteiger charge is 2.26. The summed E-state index contributed by atoms with van der Waals surface area (Å²) in [7, 11) is -0.900. The SMILES string of the molecule is CCCCN(CCCC)CC[Si](CC)(CC)CC. The standard InChI is InChI=1S/C16H37NSi/c1-6-11-13-17(14-12-7-2)15-16-18(8-3,9-4)10-5/h6-16H2,1-5H3. The summed E-state index contributed by atoms with van der Waals surface area (Å²) in [5.74, 6) is 0. The van der Waals surface area contributed by atoms with Gasteiger partial charge < -0.3 is 4.90 Å². The first-order valence-electron chi connectivity index (χ1n) is 8.40. The van der Waals surface area contributed by atoms with Gasteiger partial charge in [0.05, 0.1) is 8.07 Å². The molecule has 0 fully saturated rings. The van der Waals surface area contributed by atoms with Crippen molar-refractivity contribution in [1.82, 2.24) is 4.90 Å². The van der Waals surface area contributed by atoms with Crippen molar-refractivity contribution in [2.45, 2.75) is 84.5 Å². The fourth-order valence-corrected chi connectivity index (χ4v) is 6.13. The van der Waals surface area contributed by atoms with Crippen LogP contribution in [-0.2, 0) is 0 Å². The molecule has 0 saturated heterocycles. The molecule has 0 aliphatic rings. The molecule has 0 spiro atoms. The van der Waals surface area contributed by atoms with Gasteiger partial charge in [-0.05, 0) is 38.5 Å². The minimum absolute atomic E-state index is 0.900. The van der Waals surface area contributed by atoms with Crippen molar-refractivity contribution in [2.24, 2.45) is 0 Å². The van der Waals surface area contributed by atoms with Gasteiger partial charge in [0.25, 0.3) is 0 Å². The van der Waals surface area contributed by atoms with E-state index in [0.29, 0.717) is 0 Å². The molecule has 0 unspecified atom stereocenters. The van der Waals surface area contributed by atoms with Crippen LogP contribution in [0.4, 0.5) is 0 Å². The Hall–Kier alpha value is 0.177. The van der Waals surface area contributed by atoms with Gasteiger partial charge in [0.1, 0.15) is 0 Å². The van der Waals surface area contributed by atoms with Crippen molar-refractivity contribution in [3.05, 3.63) is 0 Å². The summed E-state index contributed by atoms with van der Waals surface area (Å²) in [6.07, 6.45) is 5.42. The summed E-state index contributed by atoms with van der Waals surface area (Å²) in [5.41, 5.74) is 0. The van der Waals surface area contributed by atoms with Crippen LogP contribution in [0.15, 0.2) is 0 Å². The minimum Gasteiger partial charge on any atom is -0.304 e. The second kappa shape index (κ2) is 11.0. The molecule has 0 saturated carbocycles. The highest BCUT2D eigenvalue weighted by Crippen LogP contribution is 2.25. The molecular weight excluding hydrogens is 234 g/mol. The maximum Gasteiger partial charge on any atom is 0.0540 e. The Morgan fingerprint density at radius 3 is 1.44 bits per heavy atom. The van der Waals surface area contributed by atoms with E-state index in [9.17, 15) is 0 Å². The molecule has 0 radical (unpaired) electrons. The van der Waals surface area contributed by atoms with Crippen LogP contribution >= 0.6 is 0 Å². The van der Waals surface area contributed by atoms with Crippen LogP contribution in [0, 0.1) is 0 Å². The zero-order chi connectivity index (χ0) is 13.9. The Labute approximate surface area is 117 Å². The van der Waals surface area contributed by atoms with Crippen LogP contribution in [-0.4, -0.2) is 32.6 Å². The molecule has 0 aromatic heterocycles. The van der Waals surface area contributed by atoms with Crippen molar-refractivity contribution in [3.63, 3.8) is 0 Å². The summed E-state index contributed by atoms with van der Waals surface area (Å²) in [6, 6.07) is 5.98. The van der Waals surface area contributed by atoms with Gasteiger partial charge in [-0.3, -0.25) is 0 Å². The monoisotopic (exact) mass is 271 g/mol. The van der Waals surface area contributed by atoms with Crippen LogP contribution in [0.2, 0.25) is 24.2 Å². The maximum atomic E-state index is 2.75. The predicted molar refractivity (Wildman–Crippen MR) is 88.3 cm³/mol. The number of rotatable bonds is 12. The first-order chi connectivity index (χ1) is 8.67. The number of hydrogen-bond donors (Lipinski definition) is 0. The van der Waals surface area contributed by atoms with Crippen LogP contribution in [0.1, 0.15) is 60.3 Å². The summed E-state index contributed by atoms with van der Waals surface area (Å²) < 4.78 is 0. The van der Waals surface area contributed by atoms with Gasteiger partial charge in [0.2, 0.25) is 0 Å². The molecule has 0 atom stereocenters. The maximum absolute atomic E-state index is 2.75. The zero-order valence-corrected chi connectivity index (χ0v) is 14.7. The van der Waals surface area contributed by atoms with Gasteiger partial charge in [-0.1, -0.05) is 65.6 Å².